The minimum absolute atomic E-state index is 0.241. The van der Waals surface area contributed by atoms with Crippen LogP contribution in [0.1, 0.15) is 42.4 Å². The van der Waals surface area contributed by atoms with E-state index in [4.69, 9.17) is 9.52 Å². The Hall–Kier alpha value is -1.85. The van der Waals surface area contributed by atoms with E-state index in [1.54, 1.807) is 0 Å². The van der Waals surface area contributed by atoms with Crippen LogP contribution in [0.3, 0.4) is 0 Å². The molecule has 1 aliphatic heterocycles. The summed E-state index contributed by atoms with van der Waals surface area (Å²) < 4.78 is 5.12. The van der Waals surface area contributed by atoms with Gasteiger partial charge in [0.2, 0.25) is 0 Å². The highest BCUT2D eigenvalue weighted by Gasteiger charge is 2.34. The highest BCUT2D eigenvalue weighted by atomic mass is 16.4. The van der Waals surface area contributed by atoms with E-state index >= 15 is 0 Å². The third-order valence-electron chi connectivity index (χ3n) is 3.21. The molecule has 1 aromatic heterocycles. The van der Waals surface area contributed by atoms with Crippen LogP contribution in [0, 0.1) is 0 Å². The van der Waals surface area contributed by atoms with Crippen molar-refractivity contribution in [1.29, 1.82) is 0 Å². The van der Waals surface area contributed by atoms with Crippen molar-refractivity contribution in [3.8, 4) is 0 Å². The normalized spacial score (nSPS) is 19.8. The average Bonchev–Trinajstić information content (AvgIpc) is 2.86. The fraction of sp³-hybridized carbons (Fsp3) is 0.583. The van der Waals surface area contributed by atoms with Crippen LogP contribution in [0.15, 0.2) is 10.8 Å². The van der Waals surface area contributed by atoms with Gasteiger partial charge in [-0.2, -0.15) is 0 Å². The largest absolute Gasteiger partial charge is 0.480 e. The predicted molar refractivity (Wildman–Crippen MR) is 62.2 cm³/mol. The third kappa shape index (κ3) is 2.23. The molecule has 1 N–H and O–H groups in total. The van der Waals surface area contributed by atoms with E-state index in [1.807, 2.05) is 6.92 Å². The van der Waals surface area contributed by atoms with Gasteiger partial charge in [0.05, 0.1) is 0 Å². The summed E-state index contributed by atoms with van der Waals surface area (Å²) in [5.74, 6) is -0.785. The number of hydrogen-bond donors (Lipinski definition) is 1. The number of carboxylic acids is 1. The molecular formula is C12H16N2O4. The summed E-state index contributed by atoms with van der Waals surface area (Å²) in [6, 6.07) is -0.743. The topological polar surface area (TPSA) is 83.6 Å². The van der Waals surface area contributed by atoms with Crippen molar-refractivity contribution in [3.63, 3.8) is 0 Å². The molecule has 6 nitrogen and oxygen atoms in total. The standard InChI is InChI=1S/C12H16N2O4/c1-2-9-10(13-7-18-9)11(15)14-6-4-3-5-8(14)12(16)17/h7-8H,2-6H2,1H3,(H,16,17). The molecule has 2 rings (SSSR count). The summed E-state index contributed by atoms with van der Waals surface area (Å²) in [7, 11) is 0. The Morgan fingerprint density at radius 3 is 3.00 bits per heavy atom. The second-order valence-corrected chi connectivity index (χ2v) is 4.33. The summed E-state index contributed by atoms with van der Waals surface area (Å²) >= 11 is 0. The summed E-state index contributed by atoms with van der Waals surface area (Å²) in [4.78, 5) is 28.7. The van der Waals surface area contributed by atoms with Gasteiger partial charge in [-0.3, -0.25) is 4.79 Å². The summed E-state index contributed by atoms with van der Waals surface area (Å²) in [6.07, 6.45) is 3.95. The molecule has 1 aliphatic rings. The fourth-order valence-corrected chi connectivity index (χ4v) is 2.26. The van der Waals surface area contributed by atoms with E-state index in [-0.39, 0.29) is 11.6 Å². The Morgan fingerprint density at radius 2 is 2.33 bits per heavy atom. The van der Waals surface area contributed by atoms with Crippen LogP contribution in [0.2, 0.25) is 0 Å². The van der Waals surface area contributed by atoms with Crippen LogP contribution in [0.4, 0.5) is 0 Å². The van der Waals surface area contributed by atoms with E-state index in [0.29, 0.717) is 25.1 Å². The minimum atomic E-state index is -0.954. The highest BCUT2D eigenvalue weighted by Crippen LogP contribution is 2.21. The van der Waals surface area contributed by atoms with Crippen LogP contribution in [0.5, 0.6) is 0 Å². The molecular weight excluding hydrogens is 236 g/mol. The summed E-state index contributed by atoms with van der Waals surface area (Å²) in [6.45, 7) is 2.33. The number of oxazole rings is 1. The molecule has 0 spiro atoms. The van der Waals surface area contributed by atoms with Crippen molar-refractivity contribution >= 4 is 11.9 Å². The molecule has 18 heavy (non-hydrogen) atoms. The maximum absolute atomic E-state index is 12.3. The van der Waals surface area contributed by atoms with Gasteiger partial charge in [-0.05, 0) is 19.3 Å². The maximum atomic E-state index is 12.3. The van der Waals surface area contributed by atoms with E-state index < -0.39 is 12.0 Å². The number of aromatic nitrogens is 1. The Balaban J connectivity index is 2.23. The van der Waals surface area contributed by atoms with Crippen molar-refractivity contribution in [3.05, 3.63) is 17.8 Å². The summed E-state index contributed by atoms with van der Waals surface area (Å²) in [5.41, 5.74) is 0.241. The zero-order chi connectivity index (χ0) is 13.1. The van der Waals surface area contributed by atoms with Gasteiger partial charge in [0.25, 0.3) is 5.91 Å². The number of amides is 1. The van der Waals surface area contributed by atoms with Gasteiger partial charge in [-0.25, -0.2) is 9.78 Å². The molecule has 98 valence electrons. The molecule has 0 bridgehead atoms. The van der Waals surface area contributed by atoms with E-state index in [0.717, 1.165) is 12.8 Å². The average molecular weight is 252 g/mol. The van der Waals surface area contributed by atoms with Gasteiger partial charge < -0.3 is 14.4 Å². The zero-order valence-corrected chi connectivity index (χ0v) is 10.3. The number of carbonyl (C=O) groups is 2. The predicted octanol–water partition coefficient (Wildman–Crippen LogP) is 1.32. The van der Waals surface area contributed by atoms with Crippen molar-refractivity contribution < 1.29 is 19.1 Å². The number of nitrogens with zero attached hydrogens (tertiary/aromatic N) is 2. The number of carboxylic acid groups (broad SMARTS) is 1. The number of likely N-dealkylation sites (tertiary alicyclic amines) is 1. The molecule has 6 heteroatoms. The molecule has 1 saturated heterocycles. The number of carbonyl (C=O) groups excluding carboxylic acids is 1. The number of hydrogen-bond acceptors (Lipinski definition) is 4. The number of aryl methyl sites for hydroxylation is 1. The molecule has 0 radical (unpaired) electrons. The second-order valence-electron chi connectivity index (χ2n) is 4.33. The van der Waals surface area contributed by atoms with Crippen LogP contribution in [-0.4, -0.2) is 39.5 Å². The Bertz CT molecular complexity index is 455. The highest BCUT2D eigenvalue weighted by molar-refractivity contribution is 5.95. The molecule has 0 aromatic carbocycles. The molecule has 0 saturated carbocycles. The minimum Gasteiger partial charge on any atom is -0.480 e. The lowest BCUT2D eigenvalue weighted by atomic mass is 10.0. The van der Waals surface area contributed by atoms with Gasteiger partial charge in [0.1, 0.15) is 11.8 Å². The Labute approximate surface area is 105 Å². The van der Waals surface area contributed by atoms with E-state index in [2.05, 4.69) is 4.98 Å². The lowest BCUT2D eigenvalue weighted by Crippen LogP contribution is -2.48. The smallest absolute Gasteiger partial charge is 0.326 e. The van der Waals surface area contributed by atoms with E-state index in [1.165, 1.54) is 11.3 Å². The van der Waals surface area contributed by atoms with Crippen molar-refractivity contribution in [2.24, 2.45) is 0 Å². The number of rotatable bonds is 3. The van der Waals surface area contributed by atoms with Gasteiger partial charge in [-0.15, -0.1) is 0 Å². The SMILES string of the molecule is CCc1ocnc1C(=O)N1CCCCC1C(=O)O. The van der Waals surface area contributed by atoms with Crippen LogP contribution in [0.25, 0.3) is 0 Å². The summed E-state index contributed by atoms with van der Waals surface area (Å²) in [5, 5.41) is 9.14. The van der Waals surface area contributed by atoms with Gasteiger partial charge in [0, 0.05) is 13.0 Å². The molecule has 1 amide bonds. The lowest BCUT2D eigenvalue weighted by molar-refractivity contribution is -0.143. The molecule has 1 fully saturated rings. The molecule has 1 atom stereocenters. The first-order valence-corrected chi connectivity index (χ1v) is 6.11. The van der Waals surface area contributed by atoms with Crippen molar-refractivity contribution in [2.75, 3.05) is 6.54 Å². The van der Waals surface area contributed by atoms with Crippen molar-refractivity contribution in [1.82, 2.24) is 9.88 Å². The first-order chi connectivity index (χ1) is 8.65. The molecule has 1 unspecified atom stereocenters. The van der Waals surface area contributed by atoms with E-state index in [9.17, 15) is 9.59 Å². The van der Waals surface area contributed by atoms with Crippen LogP contribution in [-0.2, 0) is 11.2 Å². The van der Waals surface area contributed by atoms with Gasteiger partial charge in [-0.1, -0.05) is 6.92 Å². The third-order valence-corrected chi connectivity index (χ3v) is 3.21. The monoisotopic (exact) mass is 252 g/mol. The van der Waals surface area contributed by atoms with Crippen molar-refractivity contribution in [2.45, 2.75) is 38.6 Å². The number of piperidine rings is 1. The molecule has 0 aliphatic carbocycles. The zero-order valence-electron chi connectivity index (χ0n) is 10.3. The first kappa shape index (κ1) is 12.6. The second kappa shape index (κ2) is 5.20. The van der Waals surface area contributed by atoms with Crippen LogP contribution < -0.4 is 0 Å². The van der Waals surface area contributed by atoms with Gasteiger partial charge >= 0.3 is 5.97 Å². The lowest BCUT2D eigenvalue weighted by Gasteiger charge is -2.32. The van der Waals surface area contributed by atoms with Gasteiger partial charge in [0.15, 0.2) is 12.1 Å². The fourth-order valence-electron chi connectivity index (χ4n) is 2.26. The molecule has 1 aromatic rings. The maximum Gasteiger partial charge on any atom is 0.326 e. The Morgan fingerprint density at radius 1 is 1.56 bits per heavy atom. The number of aliphatic carboxylic acids is 1. The quantitative estimate of drug-likeness (QED) is 0.877. The Kier molecular flexibility index (Phi) is 3.64. The van der Waals surface area contributed by atoms with Crippen LogP contribution >= 0.6 is 0 Å². The molecule has 2 heterocycles. The first-order valence-electron chi connectivity index (χ1n) is 6.11.